The smallest absolute Gasteiger partial charge is 0.160 e. The molecule has 1 fully saturated rings. The summed E-state index contributed by atoms with van der Waals surface area (Å²) in [5.74, 6) is 1.14. The van der Waals surface area contributed by atoms with Gasteiger partial charge in [-0.05, 0) is 30.7 Å². The van der Waals surface area contributed by atoms with Gasteiger partial charge in [-0.3, -0.25) is 9.98 Å². The van der Waals surface area contributed by atoms with E-state index in [1.807, 2.05) is 24.0 Å². The van der Waals surface area contributed by atoms with Crippen molar-refractivity contribution in [3.05, 3.63) is 54.1 Å². The molecular weight excluding hydrogens is 292 g/mol. The molecule has 0 N–H and O–H groups in total. The fourth-order valence-corrected chi connectivity index (χ4v) is 4.79. The van der Waals surface area contributed by atoms with Crippen molar-refractivity contribution in [2.75, 3.05) is 5.75 Å². The molecule has 22 heavy (non-hydrogen) atoms. The molecule has 2 aromatic rings. The lowest BCUT2D eigenvalue weighted by Gasteiger charge is -2.31. The van der Waals surface area contributed by atoms with Crippen LogP contribution in [0.5, 0.6) is 0 Å². The van der Waals surface area contributed by atoms with Crippen LogP contribution in [0, 0.1) is 0 Å². The molecule has 0 spiro atoms. The summed E-state index contributed by atoms with van der Waals surface area (Å²) in [6, 6.07) is 11.4. The van der Waals surface area contributed by atoms with E-state index in [-0.39, 0.29) is 12.1 Å². The number of aromatic nitrogens is 2. The predicted molar refractivity (Wildman–Crippen MR) is 90.9 cm³/mol. The molecule has 2 aromatic heterocycles. The van der Waals surface area contributed by atoms with Gasteiger partial charge in [-0.2, -0.15) is 0 Å². The molecule has 2 aliphatic heterocycles. The first kappa shape index (κ1) is 13.9. The summed E-state index contributed by atoms with van der Waals surface area (Å²) >= 11 is 1.89. The summed E-state index contributed by atoms with van der Waals surface area (Å²) in [5.41, 5.74) is 2.38. The Kier molecular flexibility index (Phi) is 3.45. The molecule has 2 aliphatic rings. The second-order valence-corrected chi connectivity index (χ2v) is 6.87. The first-order chi connectivity index (χ1) is 10.8. The molecule has 0 unspecified atom stereocenters. The van der Waals surface area contributed by atoms with Crippen LogP contribution < -0.4 is 0 Å². The van der Waals surface area contributed by atoms with E-state index in [2.05, 4.69) is 58.9 Å². The highest BCUT2D eigenvalue weighted by atomic mass is 32.2. The van der Waals surface area contributed by atoms with Crippen molar-refractivity contribution >= 4 is 16.9 Å². The number of rotatable bonds is 3. The maximum atomic E-state index is 5.03. The number of hydrogen-bond donors (Lipinski definition) is 0. The maximum Gasteiger partial charge on any atom is 0.160 e. The topological polar surface area (TPSA) is 33.4 Å². The summed E-state index contributed by atoms with van der Waals surface area (Å²) < 4.78 is 2.22. The number of amidine groups is 1. The Hall–Kier alpha value is -1.75. The molecule has 0 bridgehead atoms. The summed E-state index contributed by atoms with van der Waals surface area (Å²) in [5, 5.41) is 1.19. The second kappa shape index (κ2) is 5.47. The van der Waals surface area contributed by atoms with Crippen molar-refractivity contribution in [2.45, 2.75) is 31.5 Å². The molecule has 0 aromatic carbocycles. The van der Waals surface area contributed by atoms with E-state index in [1.165, 1.54) is 10.9 Å². The average Bonchev–Trinajstić information content (AvgIpc) is 3.22. The molecule has 5 heteroatoms. The largest absolute Gasteiger partial charge is 0.353 e. The number of thioether (sulfide) groups is 1. The van der Waals surface area contributed by atoms with Crippen LogP contribution in [0.2, 0.25) is 0 Å². The van der Waals surface area contributed by atoms with Gasteiger partial charge in [0.2, 0.25) is 0 Å². The SMILES string of the molecule is CC[C@H]1CSC2=N[C@@H](c3ccccn3)[C@@H](c3cccn3C)N21. The third kappa shape index (κ3) is 2.07. The van der Waals surface area contributed by atoms with E-state index in [1.54, 1.807) is 0 Å². The standard InChI is InChI=1S/C17H20N4S/c1-3-12-11-22-17-19-15(13-7-4-5-9-18-13)16(21(12)17)14-8-6-10-20(14)2/h4-10,12,15-16H,3,11H2,1-2H3/t12-,15-,16+/m0/s1. The number of aliphatic imine (C=N–C) groups is 1. The van der Waals surface area contributed by atoms with Gasteiger partial charge in [0.25, 0.3) is 0 Å². The minimum Gasteiger partial charge on any atom is -0.353 e. The second-order valence-electron chi connectivity index (χ2n) is 5.88. The van der Waals surface area contributed by atoms with Gasteiger partial charge in [0, 0.05) is 36.9 Å². The molecule has 1 saturated heterocycles. The highest BCUT2D eigenvalue weighted by Crippen LogP contribution is 2.48. The highest BCUT2D eigenvalue weighted by molar-refractivity contribution is 8.14. The van der Waals surface area contributed by atoms with Gasteiger partial charge in [-0.1, -0.05) is 24.8 Å². The van der Waals surface area contributed by atoms with Crippen molar-refractivity contribution in [3.8, 4) is 0 Å². The van der Waals surface area contributed by atoms with Crippen LogP contribution in [0.3, 0.4) is 0 Å². The van der Waals surface area contributed by atoms with Gasteiger partial charge >= 0.3 is 0 Å². The lowest BCUT2D eigenvalue weighted by Crippen LogP contribution is -2.36. The van der Waals surface area contributed by atoms with Crippen LogP contribution in [-0.4, -0.2) is 31.4 Å². The Morgan fingerprint density at radius 2 is 2.18 bits per heavy atom. The molecule has 4 nitrogen and oxygen atoms in total. The number of hydrogen-bond acceptors (Lipinski definition) is 4. The Bertz CT molecular complexity index is 694. The van der Waals surface area contributed by atoms with Crippen LogP contribution in [-0.2, 0) is 7.05 Å². The lowest BCUT2D eigenvalue weighted by molar-refractivity contribution is 0.247. The van der Waals surface area contributed by atoms with E-state index in [0.29, 0.717) is 6.04 Å². The predicted octanol–water partition coefficient (Wildman–Crippen LogP) is 3.40. The van der Waals surface area contributed by atoms with Crippen molar-refractivity contribution < 1.29 is 0 Å². The third-order valence-corrected chi connectivity index (χ3v) is 5.74. The minimum absolute atomic E-state index is 0.0895. The van der Waals surface area contributed by atoms with Crippen LogP contribution in [0.1, 0.15) is 36.8 Å². The van der Waals surface area contributed by atoms with Gasteiger partial charge in [-0.25, -0.2) is 0 Å². The van der Waals surface area contributed by atoms with Gasteiger partial charge in [0.15, 0.2) is 5.17 Å². The van der Waals surface area contributed by atoms with Crippen molar-refractivity contribution in [1.29, 1.82) is 0 Å². The average molecular weight is 312 g/mol. The fourth-order valence-electron chi connectivity index (χ4n) is 3.45. The third-order valence-electron chi connectivity index (χ3n) is 4.62. The normalized spacial score (nSPS) is 27.1. The number of aryl methyl sites for hydroxylation is 1. The Balaban J connectivity index is 1.80. The monoisotopic (exact) mass is 312 g/mol. The van der Waals surface area contributed by atoms with Crippen LogP contribution in [0.4, 0.5) is 0 Å². The quantitative estimate of drug-likeness (QED) is 0.871. The number of nitrogens with zero attached hydrogens (tertiary/aromatic N) is 4. The van der Waals surface area contributed by atoms with E-state index in [4.69, 9.17) is 4.99 Å². The van der Waals surface area contributed by atoms with E-state index >= 15 is 0 Å². The molecule has 0 amide bonds. The van der Waals surface area contributed by atoms with E-state index < -0.39 is 0 Å². The first-order valence-electron chi connectivity index (χ1n) is 7.80. The summed E-state index contributed by atoms with van der Waals surface area (Å²) in [7, 11) is 2.12. The van der Waals surface area contributed by atoms with Gasteiger partial charge in [0.05, 0.1) is 11.7 Å². The Morgan fingerprint density at radius 3 is 2.86 bits per heavy atom. The molecule has 114 valence electrons. The van der Waals surface area contributed by atoms with Crippen LogP contribution in [0.15, 0.2) is 47.7 Å². The number of fused-ring (bicyclic) bond motifs is 1. The van der Waals surface area contributed by atoms with Gasteiger partial charge in [0.1, 0.15) is 6.04 Å². The molecule has 3 atom stereocenters. The minimum atomic E-state index is 0.0895. The van der Waals surface area contributed by atoms with Crippen LogP contribution in [0.25, 0.3) is 0 Å². The highest BCUT2D eigenvalue weighted by Gasteiger charge is 2.46. The zero-order valence-electron chi connectivity index (χ0n) is 12.9. The molecule has 4 heterocycles. The van der Waals surface area contributed by atoms with Gasteiger partial charge in [-0.15, -0.1) is 0 Å². The van der Waals surface area contributed by atoms with Crippen molar-refractivity contribution in [1.82, 2.24) is 14.5 Å². The Morgan fingerprint density at radius 1 is 1.27 bits per heavy atom. The zero-order valence-corrected chi connectivity index (χ0v) is 13.7. The number of pyridine rings is 1. The molecule has 0 saturated carbocycles. The summed E-state index contributed by atoms with van der Waals surface area (Å²) in [6.45, 7) is 2.27. The maximum absolute atomic E-state index is 5.03. The molecule has 4 rings (SSSR count). The fraction of sp³-hybridized carbons (Fsp3) is 0.412. The molecule has 0 radical (unpaired) electrons. The van der Waals surface area contributed by atoms with Crippen molar-refractivity contribution in [2.24, 2.45) is 12.0 Å². The van der Waals surface area contributed by atoms with Crippen LogP contribution >= 0.6 is 11.8 Å². The summed E-state index contributed by atoms with van der Waals surface area (Å²) in [6.07, 6.45) is 5.14. The summed E-state index contributed by atoms with van der Waals surface area (Å²) in [4.78, 5) is 12.1. The molecule has 0 aliphatic carbocycles. The van der Waals surface area contributed by atoms with Crippen molar-refractivity contribution in [3.63, 3.8) is 0 Å². The van der Waals surface area contributed by atoms with Gasteiger partial charge < -0.3 is 9.47 Å². The zero-order chi connectivity index (χ0) is 15.1. The van der Waals surface area contributed by atoms with E-state index in [9.17, 15) is 0 Å². The lowest BCUT2D eigenvalue weighted by atomic mass is 9.99. The first-order valence-corrected chi connectivity index (χ1v) is 8.79. The van der Waals surface area contributed by atoms with E-state index in [0.717, 1.165) is 17.9 Å². The Labute approximate surface area is 135 Å². The molecular formula is C17H20N4S.